The molecule has 0 aliphatic heterocycles. The molecule has 0 spiro atoms. The third-order valence-corrected chi connectivity index (χ3v) is 4.24. The quantitative estimate of drug-likeness (QED) is 0.800. The zero-order valence-electron chi connectivity index (χ0n) is 13.3. The number of anilines is 1. The second kappa shape index (κ2) is 8.39. The smallest absolute Gasteiger partial charge is 0.256 e. The number of nitrogens with one attached hydrogen (secondary N) is 2. The van der Waals surface area contributed by atoms with Gasteiger partial charge in [-0.05, 0) is 35.6 Å². The fourth-order valence-electron chi connectivity index (χ4n) is 2.11. The number of rotatable bonds is 6. The van der Waals surface area contributed by atoms with Crippen molar-refractivity contribution in [2.75, 3.05) is 18.1 Å². The van der Waals surface area contributed by atoms with Gasteiger partial charge in [0.15, 0.2) is 0 Å². The van der Waals surface area contributed by atoms with Gasteiger partial charge in [0, 0.05) is 17.6 Å². The predicted octanol–water partition coefficient (Wildman–Crippen LogP) is 3.34. The van der Waals surface area contributed by atoms with Crippen molar-refractivity contribution in [3.63, 3.8) is 0 Å². The molecule has 2 aromatic rings. The summed E-state index contributed by atoms with van der Waals surface area (Å²) in [6, 6.07) is 14.9. The van der Waals surface area contributed by atoms with Crippen LogP contribution in [0.15, 0.2) is 53.4 Å². The van der Waals surface area contributed by atoms with E-state index in [1.807, 2.05) is 48.5 Å². The van der Waals surface area contributed by atoms with Crippen molar-refractivity contribution in [2.45, 2.75) is 18.2 Å². The molecule has 0 saturated heterocycles. The molecule has 0 unspecified atom stereocenters. The van der Waals surface area contributed by atoms with Gasteiger partial charge in [0.1, 0.15) is 0 Å². The van der Waals surface area contributed by atoms with Crippen molar-refractivity contribution in [1.82, 2.24) is 5.32 Å². The molecule has 0 aromatic heterocycles. The van der Waals surface area contributed by atoms with Gasteiger partial charge in [-0.1, -0.05) is 31.2 Å². The Bertz CT molecular complexity index is 684. The molecule has 0 saturated carbocycles. The van der Waals surface area contributed by atoms with Crippen LogP contribution in [0.4, 0.5) is 5.69 Å². The molecule has 0 atom stereocenters. The molecule has 0 radical (unpaired) electrons. The number of hydrogen-bond acceptors (Lipinski definition) is 3. The first-order chi connectivity index (χ1) is 11.1. The van der Waals surface area contributed by atoms with Gasteiger partial charge >= 0.3 is 0 Å². The highest BCUT2D eigenvalue weighted by atomic mass is 32.2. The van der Waals surface area contributed by atoms with Crippen LogP contribution in [0.5, 0.6) is 0 Å². The number of amides is 2. The van der Waals surface area contributed by atoms with Crippen LogP contribution in [-0.2, 0) is 11.2 Å². The second-order valence-electron chi connectivity index (χ2n) is 4.93. The first kappa shape index (κ1) is 17.1. The third kappa shape index (κ3) is 4.86. The minimum atomic E-state index is -0.124. The molecular formula is C18H20N2O2S. The summed E-state index contributed by atoms with van der Waals surface area (Å²) in [7, 11) is 1.61. The lowest BCUT2D eigenvalue weighted by atomic mass is 10.1. The third-order valence-electron chi connectivity index (χ3n) is 3.29. The Morgan fingerprint density at radius 3 is 2.39 bits per heavy atom. The fourth-order valence-corrected chi connectivity index (χ4v) is 2.92. The molecular weight excluding hydrogens is 308 g/mol. The summed E-state index contributed by atoms with van der Waals surface area (Å²) in [6.07, 6.45) is 0.334. The van der Waals surface area contributed by atoms with E-state index in [0.29, 0.717) is 17.7 Å². The number of likely N-dealkylation sites (N-methyl/N-ethyl adjacent to an activating group) is 1. The van der Waals surface area contributed by atoms with Crippen LogP contribution in [-0.4, -0.2) is 24.6 Å². The van der Waals surface area contributed by atoms with Gasteiger partial charge < -0.3 is 10.6 Å². The molecule has 120 valence electrons. The number of hydrogen-bond donors (Lipinski definition) is 2. The Kier molecular flexibility index (Phi) is 6.23. The zero-order valence-corrected chi connectivity index (χ0v) is 14.1. The summed E-state index contributed by atoms with van der Waals surface area (Å²) in [6.45, 7) is 2.06. The van der Waals surface area contributed by atoms with Crippen LogP contribution in [0.2, 0.25) is 0 Å². The topological polar surface area (TPSA) is 58.2 Å². The van der Waals surface area contributed by atoms with Crippen LogP contribution in [0, 0.1) is 0 Å². The average molecular weight is 328 g/mol. The molecule has 0 aliphatic rings. The monoisotopic (exact) mass is 328 g/mol. The van der Waals surface area contributed by atoms with Crippen molar-refractivity contribution in [3.8, 4) is 0 Å². The Hall–Kier alpha value is -2.27. The number of carbonyl (C=O) groups is 2. The molecule has 2 rings (SSSR count). The number of carbonyl (C=O) groups excluding carboxylic acids is 2. The van der Waals surface area contributed by atoms with E-state index in [-0.39, 0.29) is 11.8 Å². The predicted molar refractivity (Wildman–Crippen MR) is 95.0 cm³/mol. The Morgan fingerprint density at radius 1 is 1.04 bits per heavy atom. The summed E-state index contributed by atoms with van der Waals surface area (Å²) < 4.78 is 0. The van der Waals surface area contributed by atoms with E-state index < -0.39 is 0 Å². The maximum absolute atomic E-state index is 12.4. The first-order valence-corrected chi connectivity index (χ1v) is 8.45. The Balaban J connectivity index is 2.07. The van der Waals surface area contributed by atoms with Crippen molar-refractivity contribution < 1.29 is 9.59 Å². The van der Waals surface area contributed by atoms with E-state index in [1.54, 1.807) is 18.8 Å². The van der Waals surface area contributed by atoms with E-state index in [4.69, 9.17) is 0 Å². The van der Waals surface area contributed by atoms with Crippen molar-refractivity contribution in [1.29, 1.82) is 0 Å². The second-order valence-corrected chi connectivity index (χ2v) is 6.24. The van der Waals surface area contributed by atoms with E-state index in [0.717, 1.165) is 16.2 Å². The van der Waals surface area contributed by atoms with E-state index in [2.05, 4.69) is 17.6 Å². The molecule has 0 fully saturated rings. The largest absolute Gasteiger partial charge is 0.359 e. The van der Waals surface area contributed by atoms with Gasteiger partial charge in [0.25, 0.3) is 5.91 Å². The highest BCUT2D eigenvalue weighted by Crippen LogP contribution is 2.23. The molecule has 5 heteroatoms. The molecule has 0 heterocycles. The van der Waals surface area contributed by atoms with Crippen LogP contribution in [0.3, 0.4) is 0 Å². The average Bonchev–Trinajstić information content (AvgIpc) is 2.57. The van der Waals surface area contributed by atoms with E-state index >= 15 is 0 Å². The van der Waals surface area contributed by atoms with Crippen LogP contribution < -0.4 is 10.6 Å². The molecule has 0 bridgehead atoms. The molecule has 2 N–H and O–H groups in total. The minimum Gasteiger partial charge on any atom is -0.359 e. The zero-order chi connectivity index (χ0) is 16.7. The summed E-state index contributed by atoms with van der Waals surface area (Å²) in [5, 5.41) is 5.49. The summed E-state index contributed by atoms with van der Waals surface area (Å²) in [4.78, 5) is 24.8. The normalized spacial score (nSPS) is 10.2. The van der Waals surface area contributed by atoms with Gasteiger partial charge in [0.2, 0.25) is 5.91 Å². The molecule has 2 amide bonds. The van der Waals surface area contributed by atoms with Crippen molar-refractivity contribution in [2.24, 2.45) is 0 Å². The lowest BCUT2D eigenvalue weighted by Crippen LogP contribution is -2.19. The van der Waals surface area contributed by atoms with Gasteiger partial charge in [-0.25, -0.2) is 0 Å². The first-order valence-electron chi connectivity index (χ1n) is 7.46. The number of thioether (sulfide) groups is 1. The van der Waals surface area contributed by atoms with Crippen LogP contribution >= 0.6 is 11.8 Å². The van der Waals surface area contributed by atoms with Gasteiger partial charge in [-0.2, -0.15) is 0 Å². The Labute approximate surface area is 140 Å². The molecule has 0 aliphatic carbocycles. The minimum absolute atomic E-state index is 0.0349. The van der Waals surface area contributed by atoms with Gasteiger partial charge in [-0.15, -0.1) is 11.8 Å². The van der Waals surface area contributed by atoms with Gasteiger partial charge in [-0.3, -0.25) is 9.59 Å². The summed E-state index contributed by atoms with van der Waals surface area (Å²) in [5.74, 6) is 0.756. The van der Waals surface area contributed by atoms with Crippen molar-refractivity contribution >= 4 is 29.3 Å². The summed E-state index contributed by atoms with van der Waals surface area (Å²) in [5.41, 5.74) is 2.30. The van der Waals surface area contributed by atoms with E-state index in [1.165, 1.54) is 0 Å². The SMILES string of the molecule is CCSc1ccccc1C(=O)Nc1ccc(CC(=O)NC)cc1. The van der Waals surface area contributed by atoms with Gasteiger partial charge in [0.05, 0.1) is 12.0 Å². The highest BCUT2D eigenvalue weighted by Gasteiger charge is 2.11. The Morgan fingerprint density at radius 2 is 1.74 bits per heavy atom. The highest BCUT2D eigenvalue weighted by molar-refractivity contribution is 7.99. The lowest BCUT2D eigenvalue weighted by Gasteiger charge is -2.10. The van der Waals surface area contributed by atoms with E-state index in [9.17, 15) is 9.59 Å². The van der Waals surface area contributed by atoms with Crippen LogP contribution in [0.25, 0.3) is 0 Å². The lowest BCUT2D eigenvalue weighted by molar-refractivity contribution is -0.119. The summed E-state index contributed by atoms with van der Waals surface area (Å²) >= 11 is 1.65. The fraction of sp³-hybridized carbons (Fsp3) is 0.222. The number of benzene rings is 2. The standard InChI is InChI=1S/C18H20N2O2S/c1-3-23-16-7-5-4-6-15(16)18(22)20-14-10-8-13(9-11-14)12-17(21)19-2/h4-11H,3,12H2,1-2H3,(H,19,21)(H,20,22). The maximum atomic E-state index is 12.4. The molecule has 23 heavy (non-hydrogen) atoms. The van der Waals surface area contributed by atoms with Crippen LogP contribution in [0.1, 0.15) is 22.8 Å². The molecule has 4 nitrogen and oxygen atoms in total. The maximum Gasteiger partial charge on any atom is 0.256 e. The van der Waals surface area contributed by atoms with Crippen molar-refractivity contribution in [3.05, 3.63) is 59.7 Å². The molecule has 2 aromatic carbocycles.